The Kier molecular flexibility index (Phi) is 5.25. The number of hydrogen-bond acceptors (Lipinski definition) is 4. The maximum atomic E-state index is 13.6. The van der Waals surface area contributed by atoms with Gasteiger partial charge in [-0.2, -0.15) is 0 Å². The van der Waals surface area contributed by atoms with Crippen LogP contribution in [0.1, 0.15) is 23.6 Å². The van der Waals surface area contributed by atoms with E-state index in [2.05, 4.69) is 10.7 Å². The van der Waals surface area contributed by atoms with Gasteiger partial charge in [0.05, 0.1) is 6.04 Å². The van der Waals surface area contributed by atoms with Gasteiger partial charge in [0.2, 0.25) is 5.91 Å². The highest BCUT2D eigenvalue weighted by atomic mass is 35.5. The fraction of sp³-hybridized carbons (Fsp3) is 0.238. The molecule has 2 atom stereocenters. The predicted molar refractivity (Wildman–Crippen MR) is 108 cm³/mol. The molecular weight excluding hydrogens is 395 g/mol. The number of hydrazine groups is 1. The molecule has 150 valence electrons. The van der Waals surface area contributed by atoms with Crippen LogP contribution in [-0.4, -0.2) is 34.3 Å². The maximum Gasteiger partial charge on any atom is 0.251 e. The summed E-state index contributed by atoms with van der Waals surface area (Å²) in [5.41, 5.74) is 5.20. The third-order valence-electron chi connectivity index (χ3n) is 5.12. The Morgan fingerprint density at radius 2 is 2.00 bits per heavy atom. The summed E-state index contributed by atoms with van der Waals surface area (Å²) >= 11 is 5.94. The average molecular weight is 415 g/mol. The molecule has 8 heteroatoms. The van der Waals surface area contributed by atoms with E-state index in [9.17, 15) is 14.0 Å². The standard InChI is InChI=1S/C21H20ClFN4O2/c1-13-2-7-16(10-17(13)23)24-20(28)12-26-8-9-27-19(21(26)29)11-18(25-27)14-3-5-15(22)6-4-14/h2-10,18-19,25H,11-12H2,1H3,(H,24,28). The highest BCUT2D eigenvalue weighted by Crippen LogP contribution is 2.31. The van der Waals surface area contributed by atoms with Crippen molar-refractivity contribution in [1.29, 1.82) is 0 Å². The molecule has 0 bridgehead atoms. The molecule has 1 fully saturated rings. The van der Waals surface area contributed by atoms with Gasteiger partial charge >= 0.3 is 0 Å². The van der Waals surface area contributed by atoms with Gasteiger partial charge in [-0.15, -0.1) is 0 Å². The Hall–Kier alpha value is -2.90. The van der Waals surface area contributed by atoms with E-state index in [4.69, 9.17) is 11.6 Å². The zero-order valence-electron chi connectivity index (χ0n) is 15.7. The summed E-state index contributed by atoms with van der Waals surface area (Å²) in [5, 5.41) is 5.06. The second-order valence-corrected chi connectivity index (χ2v) is 7.60. The summed E-state index contributed by atoms with van der Waals surface area (Å²) in [4.78, 5) is 26.6. The van der Waals surface area contributed by atoms with Gasteiger partial charge in [-0.05, 0) is 48.7 Å². The molecule has 6 nitrogen and oxygen atoms in total. The minimum atomic E-state index is -0.398. The first-order valence-electron chi connectivity index (χ1n) is 9.25. The van der Waals surface area contributed by atoms with Crippen LogP contribution in [0.5, 0.6) is 0 Å². The van der Waals surface area contributed by atoms with Gasteiger partial charge in [0.1, 0.15) is 18.4 Å². The van der Waals surface area contributed by atoms with Crippen LogP contribution < -0.4 is 10.7 Å². The molecule has 0 spiro atoms. The number of halogens is 2. The summed E-state index contributed by atoms with van der Waals surface area (Å²) in [6.07, 6.45) is 3.90. The Labute approximate surface area is 172 Å². The molecule has 2 aromatic rings. The monoisotopic (exact) mass is 414 g/mol. The lowest BCUT2D eigenvalue weighted by Crippen LogP contribution is -2.49. The van der Waals surface area contributed by atoms with E-state index in [1.54, 1.807) is 36.5 Å². The van der Waals surface area contributed by atoms with Crippen LogP contribution in [0.3, 0.4) is 0 Å². The molecule has 1 saturated heterocycles. The summed E-state index contributed by atoms with van der Waals surface area (Å²) in [6, 6.07) is 11.6. The highest BCUT2D eigenvalue weighted by molar-refractivity contribution is 6.30. The van der Waals surface area contributed by atoms with Crippen LogP contribution in [0.25, 0.3) is 0 Å². The average Bonchev–Trinajstić information content (AvgIpc) is 3.13. The first kappa shape index (κ1) is 19.4. The first-order valence-corrected chi connectivity index (χ1v) is 9.63. The topological polar surface area (TPSA) is 64.7 Å². The van der Waals surface area contributed by atoms with E-state index in [0.29, 0.717) is 22.7 Å². The van der Waals surface area contributed by atoms with Crippen molar-refractivity contribution in [2.24, 2.45) is 0 Å². The molecule has 0 saturated carbocycles. The molecule has 0 aromatic heterocycles. The number of aryl methyl sites for hydroxylation is 1. The van der Waals surface area contributed by atoms with E-state index >= 15 is 0 Å². The number of amides is 2. The number of anilines is 1. The zero-order chi connectivity index (χ0) is 20.5. The third kappa shape index (κ3) is 4.11. The normalized spacial score (nSPS) is 20.7. The number of carbonyl (C=O) groups is 2. The van der Waals surface area contributed by atoms with Gasteiger partial charge in [-0.3, -0.25) is 9.59 Å². The lowest BCUT2D eigenvalue weighted by atomic mass is 10.0. The van der Waals surface area contributed by atoms with Crippen molar-refractivity contribution in [2.45, 2.75) is 25.4 Å². The van der Waals surface area contributed by atoms with E-state index < -0.39 is 11.9 Å². The number of rotatable bonds is 4. The minimum absolute atomic E-state index is 0.0184. The molecule has 2 aliphatic heterocycles. The van der Waals surface area contributed by atoms with E-state index in [1.807, 2.05) is 24.3 Å². The van der Waals surface area contributed by atoms with Crippen molar-refractivity contribution in [3.63, 3.8) is 0 Å². The fourth-order valence-corrected chi connectivity index (χ4v) is 3.63. The Balaban J connectivity index is 1.39. The molecule has 0 aliphatic carbocycles. The predicted octanol–water partition coefficient (Wildman–Crippen LogP) is 3.36. The molecule has 2 unspecified atom stereocenters. The smallest absolute Gasteiger partial charge is 0.251 e. The minimum Gasteiger partial charge on any atom is -0.324 e. The van der Waals surface area contributed by atoms with Crippen LogP contribution in [-0.2, 0) is 9.59 Å². The summed E-state index contributed by atoms with van der Waals surface area (Å²) < 4.78 is 13.6. The van der Waals surface area contributed by atoms with Gasteiger partial charge in [0.25, 0.3) is 5.91 Å². The molecule has 2 amide bonds. The summed E-state index contributed by atoms with van der Waals surface area (Å²) in [5.74, 6) is -0.945. The van der Waals surface area contributed by atoms with Crippen molar-refractivity contribution < 1.29 is 14.0 Å². The molecule has 29 heavy (non-hydrogen) atoms. The van der Waals surface area contributed by atoms with Crippen LogP contribution >= 0.6 is 11.6 Å². The highest BCUT2D eigenvalue weighted by Gasteiger charge is 2.40. The summed E-state index contributed by atoms with van der Waals surface area (Å²) in [6.45, 7) is 1.51. The number of nitrogens with one attached hydrogen (secondary N) is 2. The van der Waals surface area contributed by atoms with Crippen molar-refractivity contribution in [3.8, 4) is 0 Å². The Morgan fingerprint density at radius 3 is 2.72 bits per heavy atom. The van der Waals surface area contributed by atoms with Crippen molar-refractivity contribution in [1.82, 2.24) is 15.3 Å². The number of benzene rings is 2. The fourth-order valence-electron chi connectivity index (χ4n) is 3.51. The summed E-state index contributed by atoms with van der Waals surface area (Å²) in [7, 11) is 0. The largest absolute Gasteiger partial charge is 0.324 e. The number of hydrogen-bond donors (Lipinski definition) is 2. The lowest BCUT2D eigenvalue weighted by Gasteiger charge is -2.31. The van der Waals surface area contributed by atoms with Crippen LogP contribution in [0.15, 0.2) is 54.9 Å². The number of nitrogens with zero attached hydrogens (tertiary/aromatic N) is 2. The molecule has 2 aromatic carbocycles. The first-order chi connectivity index (χ1) is 13.9. The van der Waals surface area contributed by atoms with Crippen molar-refractivity contribution in [2.75, 3.05) is 11.9 Å². The van der Waals surface area contributed by atoms with Gasteiger partial charge in [-0.1, -0.05) is 29.8 Å². The van der Waals surface area contributed by atoms with Gasteiger partial charge < -0.3 is 15.2 Å². The van der Waals surface area contributed by atoms with Crippen molar-refractivity contribution in [3.05, 3.63) is 76.8 Å². The quantitative estimate of drug-likeness (QED) is 0.805. The van der Waals surface area contributed by atoms with Gasteiger partial charge in [-0.25, -0.2) is 9.82 Å². The van der Waals surface area contributed by atoms with Crippen LogP contribution in [0, 0.1) is 12.7 Å². The number of carbonyl (C=O) groups excluding carboxylic acids is 2. The molecular formula is C21H20ClFN4O2. The number of fused-ring (bicyclic) bond motifs is 1. The Morgan fingerprint density at radius 1 is 1.24 bits per heavy atom. The molecule has 2 aliphatic rings. The van der Waals surface area contributed by atoms with Crippen LogP contribution in [0.2, 0.25) is 5.02 Å². The van der Waals surface area contributed by atoms with Gasteiger partial charge in [0, 0.05) is 23.1 Å². The second-order valence-electron chi connectivity index (χ2n) is 7.17. The molecule has 4 rings (SSSR count). The molecule has 2 N–H and O–H groups in total. The maximum absolute atomic E-state index is 13.6. The SMILES string of the molecule is Cc1ccc(NC(=O)CN2C=CN3NC(c4ccc(Cl)cc4)CC3C2=O)cc1F. The van der Waals surface area contributed by atoms with E-state index in [0.717, 1.165) is 5.56 Å². The molecule has 2 heterocycles. The van der Waals surface area contributed by atoms with Crippen molar-refractivity contribution >= 4 is 29.1 Å². The molecule has 0 radical (unpaired) electrons. The second kappa shape index (κ2) is 7.85. The Bertz CT molecular complexity index is 979. The third-order valence-corrected chi connectivity index (χ3v) is 5.37. The van der Waals surface area contributed by atoms with E-state index in [-0.39, 0.29) is 24.4 Å². The lowest BCUT2D eigenvalue weighted by molar-refractivity contribution is -0.137. The van der Waals surface area contributed by atoms with E-state index in [1.165, 1.54) is 11.0 Å². The zero-order valence-corrected chi connectivity index (χ0v) is 16.5. The van der Waals surface area contributed by atoms with Crippen LogP contribution in [0.4, 0.5) is 10.1 Å². The van der Waals surface area contributed by atoms with Gasteiger partial charge in [0.15, 0.2) is 0 Å².